The molecule has 5 nitrogen and oxygen atoms in total. The number of hydrogen-bond donors (Lipinski definition) is 1. The molecule has 1 N–H and O–H groups in total. The average Bonchev–Trinajstić information content (AvgIpc) is 2.92. The van der Waals surface area contributed by atoms with Crippen LogP contribution in [0.2, 0.25) is 0 Å². The van der Waals surface area contributed by atoms with Crippen molar-refractivity contribution in [2.45, 2.75) is 39.0 Å². The Kier molecular flexibility index (Phi) is 17.8. The first-order chi connectivity index (χ1) is 17.2. The number of carbonyl (C=O) groups is 1. The van der Waals surface area contributed by atoms with Crippen LogP contribution in [0.15, 0.2) is 84.9 Å². The minimum Gasteiger partial charge on any atom is -0.493 e. The van der Waals surface area contributed by atoms with Crippen molar-refractivity contribution in [2.75, 3.05) is 19.8 Å². The van der Waals surface area contributed by atoms with Crippen LogP contribution >= 0.6 is 0 Å². The molecule has 1 atom stereocenters. The Morgan fingerprint density at radius 3 is 2.06 bits per heavy atom. The van der Waals surface area contributed by atoms with Crippen LogP contribution in [0.1, 0.15) is 41.3 Å². The summed E-state index contributed by atoms with van der Waals surface area (Å²) in [7, 11) is 0. The van der Waals surface area contributed by atoms with E-state index in [1.807, 2.05) is 48.5 Å². The third-order valence-electron chi connectivity index (χ3n) is 5.17. The molecule has 0 saturated heterocycles. The Balaban J connectivity index is 0.000000495. The summed E-state index contributed by atoms with van der Waals surface area (Å²) >= 11 is 0. The Morgan fingerprint density at radius 2 is 1.50 bits per heavy atom. The smallest absolute Gasteiger partial charge is 0.493 e. The van der Waals surface area contributed by atoms with Crippen LogP contribution in [0.25, 0.3) is 0 Å². The van der Waals surface area contributed by atoms with Gasteiger partial charge in [-0.25, -0.2) is 4.79 Å². The molecule has 3 aromatic rings. The van der Waals surface area contributed by atoms with Gasteiger partial charge in [-0.1, -0.05) is 74.2 Å². The number of carbonyl (C=O) groups excluding carboxylic acids is 1. The fourth-order valence-electron chi connectivity index (χ4n) is 3.20. The molecule has 0 aliphatic carbocycles. The van der Waals surface area contributed by atoms with E-state index in [1.165, 1.54) is 5.56 Å². The van der Waals surface area contributed by atoms with Crippen molar-refractivity contribution >= 4 is 5.97 Å². The van der Waals surface area contributed by atoms with Gasteiger partial charge in [-0.3, -0.25) is 0 Å². The predicted octanol–water partition coefficient (Wildman–Crippen LogP) is 6.05. The Morgan fingerprint density at radius 1 is 0.889 bits per heavy atom. The number of hydrogen-bond acceptors (Lipinski definition) is 5. The summed E-state index contributed by atoms with van der Waals surface area (Å²) in [6.07, 6.45) is 1.92. The van der Waals surface area contributed by atoms with Crippen LogP contribution in [0.4, 0.5) is 0 Å². The molecule has 0 aromatic heterocycles. The SMILES string of the molecule is [CH2-]CNCc1ccccc1.[CH2-]COC(CC)CCOc1ccc(C(=O)OCc2ccccc2)cc1.[U+2]. The second-order valence-corrected chi connectivity index (χ2v) is 7.79. The summed E-state index contributed by atoms with van der Waals surface area (Å²) in [6, 6.07) is 26.9. The predicted molar refractivity (Wildman–Crippen MR) is 141 cm³/mol. The van der Waals surface area contributed by atoms with Crippen LogP contribution in [0.3, 0.4) is 0 Å². The minimum absolute atomic E-state index is 0. The normalized spacial score (nSPS) is 10.9. The number of esters is 1. The Bertz CT molecular complexity index is 936. The number of ether oxygens (including phenoxy) is 3. The van der Waals surface area contributed by atoms with E-state index in [1.54, 1.807) is 24.3 Å². The molecule has 1 unspecified atom stereocenters. The molecule has 0 radical (unpaired) electrons. The summed E-state index contributed by atoms with van der Waals surface area (Å²) in [5.74, 6) is 0.384. The maximum atomic E-state index is 12.1. The monoisotopic (exact) mass is 713 g/mol. The van der Waals surface area contributed by atoms with E-state index >= 15 is 0 Å². The summed E-state index contributed by atoms with van der Waals surface area (Å²) in [6.45, 7) is 12.5. The van der Waals surface area contributed by atoms with Gasteiger partial charge in [0.25, 0.3) is 0 Å². The molecule has 0 aliphatic heterocycles. The van der Waals surface area contributed by atoms with Gasteiger partial charge in [0.15, 0.2) is 0 Å². The van der Waals surface area contributed by atoms with Gasteiger partial charge in [0.1, 0.15) is 12.4 Å². The molecule has 0 heterocycles. The number of benzene rings is 3. The molecule has 0 fully saturated rings. The second kappa shape index (κ2) is 20.0. The molecule has 3 rings (SSSR count). The van der Waals surface area contributed by atoms with Crippen LogP contribution in [-0.4, -0.2) is 31.8 Å². The fourth-order valence-corrected chi connectivity index (χ4v) is 3.20. The molecule has 190 valence electrons. The summed E-state index contributed by atoms with van der Waals surface area (Å²) in [5.41, 5.74) is 2.78. The molecular weight excluding hydrogens is 676 g/mol. The van der Waals surface area contributed by atoms with Gasteiger partial charge in [0.2, 0.25) is 0 Å². The molecule has 36 heavy (non-hydrogen) atoms. The molecule has 0 amide bonds. The van der Waals surface area contributed by atoms with E-state index in [-0.39, 0.29) is 49.8 Å². The van der Waals surface area contributed by atoms with E-state index in [2.05, 4.69) is 38.2 Å². The molecule has 0 spiro atoms. The third-order valence-corrected chi connectivity index (χ3v) is 5.17. The van der Waals surface area contributed by atoms with Gasteiger partial charge >= 0.3 is 37.1 Å². The van der Waals surface area contributed by atoms with Crippen LogP contribution in [0, 0.1) is 45.0 Å². The van der Waals surface area contributed by atoms with Gasteiger partial charge in [0, 0.05) is 13.0 Å². The van der Waals surface area contributed by atoms with Gasteiger partial charge < -0.3 is 33.4 Å². The molecule has 0 saturated carbocycles. The number of nitrogens with one attached hydrogen (secondary N) is 1. The van der Waals surface area contributed by atoms with Crippen LogP contribution < -0.4 is 10.1 Å². The van der Waals surface area contributed by atoms with Gasteiger partial charge in [-0.2, -0.15) is 0 Å². The third kappa shape index (κ3) is 13.3. The maximum absolute atomic E-state index is 12.1. The van der Waals surface area contributed by atoms with Crippen molar-refractivity contribution in [2.24, 2.45) is 0 Å². The summed E-state index contributed by atoms with van der Waals surface area (Å²) in [4.78, 5) is 12.1. The molecule has 3 aromatic carbocycles. The zero-order chi connectivity index (χ0) is 25.1. The van der Waals surface area contributed by atoms with Gasteiger partial charge in [0.05, 0.1) is 18.3 Å². The summed E-state index contributed by atoms with van der Waals surface area (Å²) < 4.78 is 16.5. The first-order valence-electron chi connectivity index (χ1n) is 12.0. The fraction of sp³-hybridized carbons (Fsp3) is 0.300. The molecular formula is C30H37NO4U. The quantitative estimate of drug-likeness (QED) is 0.173. The number of rotatable bonds is 13. The van der Waals surface area contributed by atoms with Crippen molar-refractivity contribution in [1.82, 2.24) is 5.32 Å². The molecule has 6 heteroatoms. The largest absolute Gasteiger partial charge is 2.00 e. The van der Waals surface area contributed by atoms with Crippen molar-refractivity contribution in [3.05, 3.63) is 115 Å². The van der Waals surface area contributed by atoms with Crippen molar-refractivity contribution < 1.29 is 50.1 Å². The van der Waals surface area contributed by atoms with Gasteiger partial charge in [-0.05, 0) is 41.8 Å². The standard InChI is InChI=1S/C21H25O4.C9H12N.U/c1-3-19(23-4-2)14-15-24-20-12-10-18(11-13-20)21(22)25-16-17-8-6-5-7-9-17;1-2-10-8-9-6-4-3-5-7-9;/h5-13,19H,2-4,14-16H2,1H3;3-7,10H,1-2,8H2;/q2*-1;+2. The van der Waals surface area contributed by atoms with Crippen molar-refractivity contribution in [3.63, 3.8) is 0 Å². The van der Waals surface area contributed by atoms with Gasteiger partial charge in [-0.15, -0.1) is 6.54 Å². The van der Waals surface area contributed by atoms with E-state index in [0.717, 1.165) is 37.2 Å². The van der Waals surface area contributed by atoms with E-state index in [9.17, 15) is 4.79 Å². The Labute approximate surface area is 240 Å². The zero-order valence-electron chi connectivity index (χ0n) is 21.2. The van der Waals surface area contributed by atoms with E-state index < -0.39 is 0 Å². The second-order valence-electron chi connectivity index (χ2n) is 7.79. The van der Waals surface area contributed by atoms with Crippen molar-refractivity contribution in [3.8, 4) is 5.75 Å². The zero-order valence-corrected chi connectivity index (χ0v) is 25.3. The maximum Gasteiger partial charge on any atom is 2.00 e. The van der Waals surface area contributed by atoms with E-state index in [4.69, 9.17) is 14.2 Å². The van der Waals surface area contributed by atoms with Crippen molar-refractivity contribution in [1.29, 1.82) is 0 Å². The van der Waals surface area contributed by atoms with Crippen LogP contribution in [0.5, 0.6) is 5.75 Å². The first-order valence-corrected chi connectivity index (χ1v) is 12.0. The first kappa shape index (κ1) is 31.9. The Hall–Kier alpha value is -2.10. The van der Waals surface area contributed by atoms with Crippen LogP contribution in [-0.2, 0) is 22.6 Å². The summed E-state index contributed by atoms with van der Waals surface area (Å²) in [5, 5.41) is 3.15. The topological polar surface area (TPSA) is 56.8 Å². The molecule has 0 aliphatic rings. The van der Waals surface area contributed by atoms with E-state index in [0.29, 0.717) is 18.8 Å². The average molecular weight is 714 g/mol. The molecule has 0 bridgehead atoms. The minimum atomic E-state index is -0.342.